The summed E-state index contributed by atoms with van der Waals surface area (Å²) < 4.78 is 0. The summed E-state index contributed by atoms with van der Waals surface area (Å²) in [6.07, 6.45) is 3.57. The van der Waals surface area contributed by atoms with Crippen molar-refractivity contribution >= 4 is 32.1 Å². The van der Waals surface area contributed by atoms with Crippen molar-refractivity contribution in [3.63, 3.8) is 0 Å². The van der Waals surface area contributed by atoms with Gasteiger partial charge in [-0.15, -0.1) is 0 Å². The second kappa shape index (κ2) is 17.5. The zero-order valence-corrected chi connectivity index (χ0v) is 17.2. The molecular weight excluding hydrogens is 371 g/mol. The first-order valence-corrected chi connectivity index (χ1v) is 10.6. The topological polar surface area (TPSA) is 25.2 Å². The summed E-state index contributed by atoms with van der Waals surface area (Å²) in [5.41, 5.74) is 4.29. The molecule has 130 valence electrons. The predicted molar refractivity (Wildman–Crippen MR) is 102 cm³/mol. The quantitative estimate of drug-likeness (QED) is 0.401. The monoisotopic (exact) mass is 396 g/mol. The molecule has 5 heteroatoms. The van der Waals surface area contributed by atoms with E-state index < -0.39 is 0 Å². The van der Waals surface area contributed by atoms with Crippen molar-refractivity contribution in [2.24, 2.45) is 4.99 Å². The van der Waals surface area contributed by atoms with Gasteiger partial charge in [0.2, 0.25) is 0 Å². The van der Waals surface area contributed by atoms with Gasteiger partial charge in [-0.2, -0.15) is 0 Å². The Hall–Kier alpha value is -0.861. The van der Waals surface area contributed by atoms with Crippen LogP contribution >= 0.6 is 20.2 Å². The SMILES string of the molecule is CC.CC.Cc1cccc(C)c1N=Cc1ccccn1.[Cl][Fe][Cl]. The Morgan fingerprint density at radius 3 is 1.87 bits per heavy atom. The summed E-state index contributed by atoms with van der Waals surface area (Å²) in [5, 5.41) is 0. The van der Waals surface area contributed by atoms with Gasteiger partial charge in [0.25, 0.3) is 0 Å². The van der Waals surface area contributed by atoms with E-state index in [-0.39, 0.29) is 13.1 Å². The molecule has 0 saturated heterocycles. The number of aryl methyl sites for hydroxylation is 2. The minimum atomic E-state index is 0.194. The summed E-state index contributed by atoms with van der Waals surface area (Å²) in [4.78, 5) is 8.69. The molecule has 23 heavy (non-hydrogen) atoms. The molecule has 0 aliphatic carbocycles. The van der Waals surface area contributed by atoms with Gasteiger partial charge in [-0.05, 0) is 37.1 Å². The van der Waals surface area contributed by atoms with Crippen LogP contribution in [0.1, 0.15) is 44.5 Å². The normalized spacial score (nSPS) is 9.04. The van der Waals surface area contributed by atoms with Crippen molar-refractivity contribution < 1.29 is 13.1 Å². The van der Waals surface area contributed by atoms with Gasteiger partial charge in [-0.3, -0.25) is 9.98 Å². The summed E-state index contributed by atoms with van der Waals surface area (Å²) in [7, 11) is 9.53. The van der Waals surface area contributed by atoms with Crippen LogP contribution in [0.2, 0.25) is 0 Å². The van der Waals surface area contributed by atoms with Gasteiger partial charge in [-0.1, -0.05) is 52.0 Å². The third kappa shape index (κ3) is 11.3. The van der Waals surface area contributed by atoms with E-state index >= 15 is 0 Å². The van der Waals surface area contributed by atoms with Crippen LogP contribution in [0, 0.1) is 13.8 Å². The average Bonchev–Trinajstić information content (AvgIpc) is 2.60. The average molecular weight is 397 g/mol. The Morgan fingerprint density at radius 2 is 1.43 bits per heavy atom. The number of pyridine rings is 1. The van der Waals surface area contributed by atoms with Crippen molar-refractivity contribution in [3.8, 4) is 0 Å². The molecule has 2 nitrogen and oxygen atoms in total. The van der Waals surface area contributed by atoms with E-state index in [2.05, 4.69) is 36.0 Å². The van der Waals surface area contributed by atoms with Gasteiger partial charge in [0.1, 0.15) is 0 Å². The maximum absolute atomic E-state index is 4.76. The molecule has 2 aromatic rings. The molecule has 0 radical (unpaired) electrons. The van der Waals surface area contributed by atoms with Crippen molar-refractivity contribution in [3.05, 3.63) is 59.4 Å². The molecule has 0 atom stereocenters. The number of aliphatic imine (C=N–C) groups is 1. The van der Waals surface area contributed by atoms with Gasteiger partial charge in [0, 0.05) is 6.20 Å². The molecule has 1 heterocycles. The third-order valence-electron chi connectivity index (χ3n) is 2.45. The van der Waals surface area contributed by atoms with Gasteiger partial charge in [0.05, 0.1) is 17.6 Å². The van der Waals surface area contributed by atoms with Crippen LogP contribution in [-0.2, 0) is 13.1 Å². The van der Waals surface area contributed by atoms with Crippen molar-refractivity contribution in [1.29, 1.82) is 0 Å². The first-order valence-electron chi connectivity index (χ1n) is 7.55. The van der Waals surface area contributed by atoms with Crippen LogP contribution in [0.25, 0.3) is 0 Å². The Balaban J connectivity index is 0. The van der Waals surface area contributed by atoms with E-state index in [1.165, 1.54) is 11.1 Å². The van der Waals surface area contributed by atoms with Crippen LogP contribution in [0.5, 0.6) is 0 Å². The second-order valence-electron chi connectivity index (χ2n) is 3.80. The molecule has 0 aliphatic heterocycles. The summed E-state index contributed by atoms with van der Waals surface area (Å²) in [5.74, 6) is 0. The van der Waals surface area contributed by atoms with E-state index in [1.54, 1.807) is 12.4 Å². The summed E-state index contributed by atoms with van der Waals surface area (Å²) in [6.45, 7) is 12.1. The molecule has 1 aromatic heterocycles. The summed E-state index contributed by atoms with van der Waals surface area (Å²) >= 11 is 0.194. The Kier molecular flexibility index (Phi) is 18.6. The standard InChI is InChI=1S/C14H14N2.2C2H6.2ClH.Fe/c1-11-6-5-7-12(2)14(11)16-10-13-8-3-4-9-15-13;2*1-2;;;/h3-10H,1-2H3;2*1-2H3;2*1H;/q;;;;;+2/p-2. The van der Waals surface area contributed by atoms with Gasteiger partial charge in [-0.25, -0.2) is 0 Å². The fraction of sp³-hybridized carbons (Fsp3) is 0.333. The number of para-hydroxylation sites is 1. The van der Waals surface area contributed by atoms with Gasteiger partial charge < -0.3 is 0 Å². The van der Waals surface area contributed by atoms with Crippen LogP contribution in [0.4, 0.5) is 5.69 Å². The molecule has 0 saturated carbocycles. The van der Waals surface area contributed by atoms with Gasteiger partial charge in [0.15, 0.2) is 0 Å². The number of hydrogen-bond donors (Lipinski definition) is 0. The molecule has 0 amide bonds. The number of aromatic nitrogens is 1. The fourth-order valence-corrected chi connectivity index (χ4v) is 1.59. The molecule has 0 unspecified atom stereocenters. The van der Waals surface area contributed by atoms with Gasteiger partial charge >= 0.3 is 33.3 Å². The van der Waals surface area contributed by atoms with E-state index in [9.17, 15) is 0 Å². The zero-order valence-electron chi connectivity index (χ0n) is 14.6. The Morgan fingerprint density at radius 1 is 0.913 bits per heavy atom. The van der Waals surface area contributed by atoms with E-state index in [1.807, 2.05) is 52.0 Å². The number of hydrogen-bond acceptors (Lipinski definition) is 2. The molecule has 0 aliphatic rings. The van der Waals surface area contributed by atoms with E-state index in [4.69, 9.17) is 20.2 Å². The molecule has 1 aromatic carbocycles. The Bertz CT molecular complexity index is 512. The molecule has 0 spiro atoms. The van der Waals surface area contributed by atoms with Crippen LogP contribution < -0.4 is 0 Å². The van der Waals surface area contributed by atoms with E-state index in [0.717, 1.165) is 11.4 Å². The molecule has 2 rings (SSSR count). The molecule has 0 bridgehead atoms. The first-order chi connectivity index (χ1) is 11.2. The minimum absolute atomic E-state index is 0.194. The van der Waals surface area contributed by atoms with Crippen molar-refractivity contribution in [1.82, 2.24) is 4.98 Å². The number of benzene rings is 1. The third-order valence-corrected chi connectivity index (χ3v) is 2.45. The first kappa shape index (κ1) is 24.4. The zero-order chi connectivity index (χ0) is 18.1. The maximum atomic E-state index is 4.76. The second-order valence-corrected chi connectivity index (χ2v) is 5.63. The number of nitrogens with zero attached hydrogens (tertiary/aromatic N) is 2. The van der Waals surface area contributed by atoms with Crippen molar-refractivity contribution in [2.75, 3.05) is 0 Å². The number of halogens is 2. The molecule has 0 N–H and O–H groups in total. The van der Waals surface area contributed by atoms with Crippen molar-refractivity contribution in [2.45, 2.75) is 41.5 Å². The molecule has 0 fully saturated rings. The van der Waals surface area contributed by atoms with Crippen LogP contribution in [-0.4, -0.2) is 11.2 Å². The summed E-state index contributed by atoms with van der Waals surface area (Å²) in [6, 6.07) is 12.0. The molecular formula is C18H26Cl2FeN2. The van der Waals surface area contributed by atoms with Crippen LogP contribution in [0.15, 0.2) is 47.6 Å². The Labute approximate surface area is 156 Å². The predicted octanol–water partition coefficient (Wildman–Crippen LogP) is 6.88. The van der Waals surface area contributed by atoms with E-state index in [0.29, 0.717) is 0 Å². The van der Waals surface area contributed by atoms with Crippen LogP contribution in [0.3, 0.4) is 0 Å². The fourth-order valence-electron chi connectivity index (χ4n) is 1.59. The number of rotatable bonds is 2.